The van der Waals surface area contributed by atoms with Crippen LogP contribution in [-0.4, -0.2) is 34.9 Å². The second-order valence-electron chi connectivity index (χ2n) is 17.6. The van der Waals surface area contributed by atoms with Crippen LogP contribution < -0.4 is 5.32 Å². The van der Waals surface area contributed by atoms with Crippen molar-refractivity contribution in [2.24, 2.45) is 0 Å². The molecule has 0 radical (unpaired) electrons. The van der Waals surface area contributed by atoms with E-state index in [2.05, 4.69) is 19.2 Å². The fraction of sp³-hybridized carbons (Fsp3) is 0.980. The molecule has 0 fully saturated rings. The average molecular weight is 764 g/mol. The van der Waals surface area contributed by atoms with E-state index in [0.29, 0.717) is 12.8 Å². The van der Waals surface area contributed by atoms with Gasteiger partial charge < -0.3 is 15.5 Å². The number of hydrogen-bond acceptors (Lipinski definition) is 3. The third-order valence-electron chi connectivity index (χ3n) is 12.1. The van der Waals surface area contributed by atoms with Crippen molar-refractivity contribution >= 4 is 5.91 Å². The summed E-state index contributed by atoms with van der Waals surface area (Å²) in [5.74, 6) is -0.0269. The van der Waals surface area contributed by atoms with Gasteiger partial charge >= 0.3 is 0 Å². The second kappa shape index (κ2) is 46.8. The highest BCUT2D eigenvalue weighted by atomic mass is 16.3. The number of aliphatic hydroxyl groups excluding tert-OH is 2. The van der Waals surface area contributed by atoms with Crippen LogP contribution in [-0.2, 0) is 4.79 Å². The van der Waals surface area contributed by atoms with Gasteiger partial charge in [0.05, 0.1) is 18.8 Å². The van der Waals surface area contributed by atoms with E-state index in [1.165, 1.54) is 244 Å². The lowest BCUT2D eigenvalue weighted by Gasteiger charge is -2.22. The highest BCUT2D eigenvalue weighted by molar-refractivity contribution is 5.76. The first-order chi connectivity index (χ1) is 26.7. The molecule has 0 spiro atoms. The van der Waals surface area contributed by atoms with Crippen molar-refractivity contribution in [1.82, 2.24) is 5.32 Å². The van der Waals surface area contributed by atoms with Gasteiger partial charge in [0.2, 0.25) is 5.91 Å². The predicted molar refractivity (Wildman–Crippen MR) is 240 cm³/mol. The van der Waals surface area contributed by atoms with E-state index in [4.69, 9.17) is 0 Å². The zero-order valence-corrected chi connectivity index (χ0v) is 37.3. The van der Waals surface area contributed by atoms with Gasteiger partial charge in [-0.1, -0.05) is 277 Å². The Morgan fingerprint density at radius 2 is 0.593 bits per heavy atom. The van der Waals surface area contributed by atoms with E-state index < -0.39 is 12.1 Å². The van der Waals surface area contributed by atoms with Gasteiger partial charge in [-0.15, -0.1) is 0 Å². The molecule has 0 aromatic rings. The van der Waals surface area contributed by atoms with E-state index in [1.807, 2.05) is 0 Å². The predicted octanol–water partition coefficient (Wildman–Crippen LogP) is 16.0. The molecule has 3 N–H and O–H groups in total. The Morgan fingerprint density at radius 3 is 0.833 bits per heavy atom. The minimum atomic E-state index is -0.653. The smallest absolute Gasteiger partial charge is 0.220 e. The first kappa shape index (κ1) is 53.4. The zero-order chi connectivity index (χ0) is 39.3. The molecule has 0 bridgehead atoms. The number of carbonyl (C=O) groups excluding carboxylic acids is 1. The fourth-order valence-corrected chi connectivity index (χ4v) is 8.25. The van der Waals surface area contributed by atoms with Gasteiger partial charge in [0.25, 0.3) is 0 Å². The van der Waals surface area contributed by atoms with Crippen LogP contribution in [0.25, 0.3) is 0 Å². The summed E-state index contributed by atoms with van der Waals surface area (Å²) in [7, 11) is 0. The van der Waals surface area contributed by atoms with Gasteiger partial charge in [0.1, 0.15) is 0 Å². The molecule has 0 aliphatic rings. The first-order valence-electron chi connectivity index (χ1n) is 25.2. The topological polar surface area (TPSA) is 69.6 Å². The molecular formula is C50H101NO3. The molecule has 0 aliphatic carbocycles. The number of unbranched alkanes of at least 4 members (excludes halogenated alkanes) is 40. The molecule has 4 heteroatoms. The number of nitrogens with one attached hydrogen (secondary N) is 1. The van der Waals surface area contributed by atoms with E-state index in [9.17, 15) is 15.0 Å². The molecule has 0 saturated heterocycles. The van der Waals surface area contributed by atoms with E-state index >= 15 is 0 Å². The highest BCUT2D eigenvalue weighted by Crippen LogP contribution is 2.18. The van der Waals surface area contributed by atoms with Crippen molar-refractivity contribution in [3.63, 3.8) is 0 Å². The minimum absolute atomic E-state index is 0.0269. The molecule has 0 saturated carbocycles. The zero-order valence-electron chi connectivity index (χ0n) is 37.3. The average Bonchev–Trinajstić information content (AvgIpc) is 3.18. The van der Waals surface area contributed by atoms with Gasteiger partial charge in [0.15, 0.2) is 0 Å². The van der Waals surface area contributed by atoms with Gasteiger partial charge in [-0.3, -0.25) is 4.79 Å². The number of carbonyl (C=O) groups is 1. The van der Waals surface area contributed by atoms with Crippen molar-refractivity contribution in [3.05, 3.63) is 0 Å². The normalized spacial score (nSPS) is 12.7. The van der Waals surface area contributed by atoms with Crippen molar-refractivity contribution < 1.29 is 15.0 Å². The van der Waals surface area contributed by atoms with Gasteiger partial charge in [0, 0.05) is 6.42 Å². The third-order valence-corrected chi connectivity index (χ3v) is 12.1. The summed E-state index contributed by atoms with van der Waals surface area (Å²) in [6, 6.07) is -0.529. The van der Waals surface area contributed by atoms with Gasteiger partial charge in [-0.25, -0.2) is 0 Å². The Balaban J connectivity index is 3.36. The molecule has 54 heavy (non-hydrogen) atoms. The van der Waals surface area contributed by atoms with Crippen LogP contribution in [0.5, 0.6) is 0 Å². The van der Waals surface area contributed by atoms with Crippen LogP contribution in [0.15, 0.2) is 0 Å². The molecule has 2 atom stereocenters. The Hall–Kier alpha value is -0.610. The summed E-state index contributed by atoms with van der Waals surface area (Å²) >= 11 is 0. The summed E-state index contributed by atoms with van der Waals surface area (Å²) in [5.41, 5.74) is 0. The van der Waals surface area contributed by atoms with Crippen LogP contribution in [0, 0.1) is 0 Å². The Labute approximate surface area is 340 Å². The lowest BCUT2D eigenvalue weighted by molar-refractivity contribution is -0.123. The molecule has 4 nitrogen and oxygen atoms in total. The molecule has 2 unspecified atom stereocenters. The Morgan fingerprint density at radius 1 is 0.370 bits per heavy atom. The minimum Gasteiger partial charge on any atom is -0.394 e. The fourth-order valence-electron chi connectivity index (χ4n) is 8.25. The van der Waals surface area contributed by atoms with Crippen molar-refractivity contribution in [1.29, 1.82) is 0 Å². The summed E-state index contributed by atoms with van der Waals surface area (Å²) in [4.78, 5) is 12.4. The standard InChI is InChI=1S/C50H101NO3/c1-3-5-7-9-11-13-15-17-18-19-20-21-22-23-24-25-26-27-28-29-30-31-32-33-34-35-37-39-41-43-45-49(53)48(47-52)51-50(54)46-44-42-40-38-36-16-14-12-10-8-6-4-2/h48-49,52-53H,3-47H2,1-2H3,(H,51,54). The van der Waals surface area contributed by atoms with Crippen LogP contribution in [0.1, 0.15) is 296 Å². The van der Waals surface area contributed by atoms with E-state index in [0.717, 1.165) is 25.7 Å². The van der Waals surface area contributed by atoms with Gasteiger partial charge in [-0.2, -0.15) is 0 Å². The monoisotopic (exact) mass is 764 g/mol. The first-order valence-corrected chi connectivity index (χ1v) is 25.2. The summed E-state index contributed by atoms with van der Waals surface area (Å²) in [6.45, 7) is 4.38. The number of amides is 1. The summed E-state index contributed by atoms with van der Waals surface area (Å²) < 4.78 is 0. The van der Waals surface area contributed by atoms with Gasteiger partial charge in [-0.05, 0) is 12.8 Å². The maximum Gasteiger partial charge on any atom is 0.220 e. The maximum absolute atomic E-state index is 12.4. The van der Waals surface area contributed by atoms with E-state index in [1.54, 1.807) is 0 Å². The largest absolute Gasteiger partial charge is 0.394 e. The molecule has 0 aromatic carbocycles. The second-order valence-corrected chi connectivity index (χ2v) is 17.6. The lowest BCUT2D eigenvalue weighted by Crippen LogP contribution is -2.45. The molecule has 0 rings (SSSR count). The molecular weight excluding hydrogens is 663 g/mol. The van der Waals surface area contributed by atoms with Crippen LogP contribution >= 0.6 is 0 Å². The number of aliphatic hydroxyl groups is 2. The Kier molecular flexibility index (Phi) is 46.2. The summed E-state index contributed by atoms with van der Waals surface area (Å²) in [6.07, 6.45) is 57.9. The molecule has 324 valence electrons. The molecule has 0 aliphatic heterocycles. The van der Waals surface area contributed by atoms with Crippen molar-refractivity contribution in [2.45, 2.75) is 309 Å². The highest BCUT2D eigenvalue weighted by Gasteiger charge is 2.20. The molecule has 0 heterocycles. The van der Waals surface area contributed by atoms with Crippen molar-refractivity contribution in [2.75, 3.05) is 6.61 Å². The van der Waals surface area contributed by atoms with Crippen LogP contribution in [0.4, 0.5) is 0 Å². The lowest BCUT2D eigenvalue weighted by atomic mass is 10.0. The molecule has 0 aromatic heterocycles. The SMILES string of the molecule is CCCCCCCCCCCCCCCCCCCCCCCCCCCCCCCCC(O)C(CO)NC(=O)CCCCCCCCCCCCCC. The van der Waals surface area contributed by atoms with Crippen LogP contribution in [0.2, 0.25) is 0 Å². The van der Waals surface area contributed by atoms with Crippen LogP contribution in [0.3, 0.4) is 0 Å². The van der Waals surface area contributed by atoms with Crippen molar-refractivity contribution in [3.8, 4) is 0 Å². The third kappa shape index (κ3) is 42.5. The van der Waals surface area contributed by atoms with E-state index in [-0.39, 0.29) is 12.5 Å². The quantitative estimate of drug-likeness (QED) is 0.0541. The molecule has 1 amide bonds. The number of hydrogen-bond donors (Lipinski definition) is 3. The number of rotatable bonds is 47. The summed E-state index contributed by atoms with van der Waals surface area (Å²) in [5, 5.41) is 23.2. The Bertz CT molecular complexity index is 699. The maximum atomic E-state index is 12.4.